The van der Waals surface area contributed by atoms with Crippen LogP contribution in [0.1, 0.15) is 10.4 Å². The van der Waals surface area contributed by atoms with E-state index in [9.17, 15) is 4.79 Å². The van der Waals surface area contributed by atoms with Crippen LogP contribution in [-0.4, -0.2) is 44.2 Å². The van der Waals surface area contributed by atoms with E-state index in [0.717, 1.165) is 0 Å². The van der Waals surface area contributed by atoms with E-state index in [0.29, 0.717) is 43.3 Å². The summed E-state index contributed by atoms with van der Waals surface area (Å²) >= 11 is 0. The molecule has 92 valence electrons. The van der Waals surface area contributed by atoms with Gasteiger partial charge in [-0.25, -0.2) is 0 Å². The third kappa shape index (κ3) is 2.50. The van der Waals surface area contributed by atoms with E-state index < -0.39 is 0 Å². The van der Waals surface area contributed by atoms with Crippen LogP contribution in [0.15, 0.2) is 18.2 Å². The Morgan fingerprint density at radius 2 is 2.12 bits per heavy atom. The Labute approximate surface area is 100 Å². The molecule has 5 heteroatoms. The number of morpholine rings is 1. The third-order valence-corrected chi connectivity index (χ3v) is 2.79. The molecule has 1 amide bonds. The molecule has 5 nitrogen and oxygen atoms in total. The Morgan fingerprint density at radius 1 is 1.41 bits per heavy atom. The van der Waals surface area contributed by atoms with E-state index in [4.69, 9.17) is 15.2 Å². The lowest BCUT2D eigenvalue weighted by Crippen LogP contribution is -2.40. The number of carbonyl (C=O) groups excluding carboxylic acids is 1. The number of rotatable bonds is 2. The molecular weight excluding hydrogens is 220 g/mol. The first-order valence-corrected chi connectivity index (χ1v) is 5.53. The van der Waals surface area contributed by atoms with Crippen LogP contribution in [0.4, 0.5) is 5.69 Å². The van der Waals surface area contributed by atoms with Crippen LogP contribution in [0.5, 0.6) is 5.75 Å². The van der Waals surface area contributed by atoms with E-state index in [-0.39, 0.29) is 5.91 Å². The topological polar surface area (TPSA) is 64.8 Å². The second-order valence-electron chi connectivity index (χ2n) is 3.86. The van der Waals surface area contributed by atoms with Gasteiger partial charge in [-0.15, -0.1) is 0 Å². The van der Waals surface area contributed by atoms with Gasteiger partial charge in [0.25, 0.3) is 5.91 Å². The van der Waals surface area contributed by atoms with Crippen molar-refractivity contribution in [2.45, 2.75) is 0 Å². The van der Waals surface area contributed by atoms with Gasteiger partial charge < -0.3 is 20.1 Å². The minimum Gasteiger partial charge on any atom is -0.497 e. The summed E-state index contributed by atoms with van der Waals surface area (Å²) in [5, 5.41) is 0. The van der Waals surface area contributed by atoms with Crippen molar-refractivity contribution in [1.29, 1.82) is 0 Å². The normalized spacial score (nSPS) is 15.7. The lowest BCUT2D eigenvalue weighted by atomic mass is 10.1. The number of nitrogen functional groups attached to an aromatic ring is 1. The maximum atomic E-state index is 12.2. The summed E-state index contributed by atoms with van der Waals surface area (Å²) in [6.45, 7) is 2.37. The predicted molar refractivity (Wildman–Crippen MR) is 64.1 cm³/mol. The molecule has 17 heavy (non-hydrogen) atoms. The monoisotopic (exact) mass is 236 g/mol. The van der Waals surface area contributed by atoms with Crippen molar-refractivity contribution in [3.63, 3.8) is 0 Å². The Bertz CT molecular complexity index is 414. The molecule has 0 unspecified atom stereocenters. The summed E-state index contributed by atoms with van der Waals surface area (Å²) in [6, 6.07) is 5.10. The number of hydrogen-bond acceptors (Lipinski definition) is 4. The highest BCUT2D eigenvalue weighted by molar-refractivity contribution is 5.99. The first-order chi connectivity index (χ1) is 8.22. The first kappa shape index (κ1) is 11.7. The molecule has 0 aromatic heterocycles. The zero-order valence-corrected chi connectivity index (χ0v) is 9.81. The Hall–Kier alpha value is -1.75. The first-order valence-electron chi connectivity index (χ1n) is 5.53. The number of nitrogens with two attached hydrogens (primary N) is 1. The van der Waals surface area contributed by atoms with Crippen molar-refractivity contribution >= 4 is 11.6 Å². The second kappa shape index (κ2) is 5.05. The van der Waals surface area contributed by atoms with Crippen LogP contribution in [0.3, 0.4) is 0 Å². The molecule has 0 atom stereocenters. The van der Waals surface area contributed by atoms with Crippen molar-refractivity contribution in [3.8, 4) is 5.75 Å². The zero-order valence-electron chi connectivity index (χ0n) is 9.81. The zero-order chi connectivity index (χ0) is 12.3. The molecule has 1 heterocycles. The lowest BCUT2D eigenvalue weighted by Gasteiger charge is -2.27. The molecule has 1 aromatic rings. The van der Waals surface area contributed by atoms with Gasteiger partial charge in [-0.1, -0.05) is 0 Å². The van der Waals surface area contributed by atoms with E-state index in [1.807, 2.05) is 0 Å². The number of amides is 1. The molecule has 2 rings (SSSR count). The number of ether oxygens (including phenoxy) is 2. The van der Waals surface area contributed by atoms with Crippen LogP contribution >= 0.6 is 0 Å². The molecule has 1 saturated heterocycles. The number of carbonyl (C=O) groups is 1. The van der Waals surface area contributed by atoms with Gasteiger partial charge in [0.2, 0.25) is 0 Å². The van der Waals surface area contributed by atoms with Crippen LogP contribution < -0.4 is 10.5 Å². The number of hydrogen-bond donors (Lipinski definition) is 1. The predicted octanol–water partition coefficient (Wildman–Crippen LogP) is 0.750. The fourth-order valence-electron chi connectivity index (χ4n) is 1.78. The maximum absolute atomic E-state index is 12.2. The molecule has 1 aliphatic heterocycles. The number of nitrogens with zero attached hydrogens (tertiary/aromatic N) is 1. The van der Waals surface area contributed by atoms with E-state index in [1.165, 1.54) is 0 Å². The average molecular weight is 236 g/mol. The summed E-state index contributed by atoms with van der Waals surface area (Å²) in [4.78, 5) is 14.0. The van der Waals surface area contributed by atoms with Gasteiger partial charge in [0.15, 0.2) is 0 Å². The van der Waals surface area contributed by atoms with E-state index in [1.54, 1.807) is 30.2 Å². The Morgan fingerprint density at radius 3 is 2.76 bits per heavy atom. The SMILES string of the molecule is COc1ccc(N)c(C(=O)N2CCOCC2)c1. The van der Waals surface area contributed by atoms with Crippen molar-refractivity contribution in [1.82, 2.24) is 4.90 Å². The van der Waals surface area contributed by atoms with Crippen molar-refractivity contribution in [2.24, 2.45) is 0 Å². The van der Waals surface area contributed by atoms with Gasteiger partial charge in [0.1, 0.15) is 5.75 Å². The summed E-state index contributed by atoms with van der Waals surface area (Å²) in [6.07, 6.45) is 0. The molecule has 1 aromatic carbocycles. The molecule has 1 aliphatic rings. The van der Waals surface area contributed by atoms with Crippen molar-refractivity contribution in [3.05, 3.63) is 23.8 Å². The smallest absolute Gasteiger partial charge is 0.256 e. The van der Waals surface area contributed by atoms with Gasteiger partial charge in [0, 0.05) is 18.8 Å². The molecular formula is C12H16N2O3. The van der Waals surface area contributed by atoms with Crippen LogP contribution in [0.2, 0.25) is 0 Å². The lowest BCUT2D eigenvalue weighted by molar-refractivity contribution is 0.0303. The van der Waals surface area contributed by atoms with E-state index >= 15 is 0 Å². The number of anilines is 1. The van der Waals surface area contributed by atoms with Crippen LogP contribution in [0, 0.1) is 0 Å². The second-order valence-corrected chi connectivity index (χ2v) is 3.86. The highest BCUT2D eigenvalue weighted by Crippen LogP contribution is 2.21. The molecule has 0 bridgehead atoms. The highest BCUT2D eigenvalue weighted by Gasteiger charge is 2.20. The molecule has 0 radical (unpaired) electrons. The van der Waals surface area contributed by atoms with Gasteiger partial charge in [-0.3, -0.25) is 4.79 Å². The fraction of sp³-hybridized carbons (Fsp3) is 0.417. The molecule has 0 spiro atoms. The van der Waals surface area contributed by atoms with Crippen molar-refractivity contribution in [2.75, 3.05) is 39.1 Å². The molecule has 2 N–H and O–H groups in total. The largest absolute Gasteiger partial charge is 0.497 e. The molecule has 0 saturated carbocycles. The van der Waals surface area contributed by atoms with Gasteiger partial charge in [-0.2, -0.15) is 0 Å². The van der Waals surface area contributed by atoms with Gasteiger partial charge >= 0.3 is 0 Å². The van der Waals surface area contributed by atoms with Crippen molar-refractivity contribution < 1.29 is 14.3 Å². The number of methoxy groups -OCH3 is 1. The molecule has 0 aliphatic carbocycles. The van der Waals surface area contributed by atoms with Gasteiger partial charge in [-0.05, 0) is 18.2 Å². The highest BCUT2D eigenvalue weighted by atomic mass is 16.5. The maximum Gasteiger partial charge on any atom is 0.256 e. The average Bonchev–Trinajstić information content (AvgIpc) is 2.39. The third-order valence-electron chi connectivity index (χ3n) is 2.79. The number of benzene rings is 1. The Balaban J connectivity index is 2.22. The summed E-state index contributed by atoms with van der Waals surface area (Å²) < 4.78 is 10.3. The van der Waals surface area contributed by atoms with E-state index in [2.05, 4.69) is 0 Å². The summed E-state index contributed by atoms with van der Waals surface area (Å²) in [7, 11) is 1.56. The fourth-order valence-corrected chi connectivity index (χ4v) is 1.78. The molecule has 1 fully saturated rings. The quantitative estimate of drug-likeness (QED) is 0.769. The standard InChI is InChI=1S/C12H16N2O3/c1-16-9-2-3-11(13)10(8-9)12(15)14-4-6-17-7-5-14/h2-3,8H,4-7,13H2,1H3. The minimum atomic E-state index is -0.0651. The summed E-state index contributed by atoms with van der Waals surface area (Å²) in [5.41, 5.74) is 6.78. The Kier molecular flexibility index (Phi) is 3.49. The van der Waals surface area contributed by atoms with Crippen LogP contribution in [0.25, 0.3) is 0 Å². The summed E-state index contributed by atoms with van der Waals surface area (Å²) in [5.74, 6) is 0.570. The minimum absolute atomic E-state index is 0.0651. The van der Waals surface area contributed by atoms with Gasteiger partial charge in [0.05, 0.1) is 25.9 Å². The van der Waals surface area contributed by atoms with Crippen LogP contribution in [-0.2, 0) is 4.74 Å².